The van der Waals surface area contributed by atoms with Crippen LogP contribution in [-0.2, 0) is 55.6 Å². The van der Waals surface area contributed by atoms with Crippen LogP contribution in [0, 0.1) is 0 Å². The van der Waals surface area contributed by atoms with E-state index in [0.29, 0.717) is 0 Å². The second kappa shape index (κ2) is 28.0. The summed E-state index contributed by atoms with van der Waals surface area (Å²) >= 11 is 0. The van der Waals surface area contributed by atoms with E-state index in [1.807, 2.05) is 0 Å². The predicted octanol–water partition coefficient (Wildman–Crippen LogP) is 13.2. The fourth-order valence-corrected chi connectivity index (χ4v) is 5.99. The van der Waals surface area contributed by atoms with E-state index in [0.717, 1.165) is 0 Å². The first kappa shape index (κ1) is 40.2. The molecule has 0 radical (unpaired) electrons. The molecule has 0 heterocycles. The summed E-state index contributed by atoms with van der Waals surface area (Å²) in [5.41, 5.74) is 9.89. The Kier molecular flexibility index (Phi) is 27.5. The Morgan fingerprint density at radius 3 is 0.927 bits per heavy atom. The molecule has 0 nitrogen and oxygen atoms in total. The fourth-order valence-electron chi connectivity index (χ4n) is 5.99. The van der Waals surface area contributed by atoms with E-state index in [1.165, 1.54) is 154 Å². The third kappa shape index (κ3) is 19.2. The molecule has 0 aliphatic rings. The zero-order chi connectivity index (χ0) is 29.3. The predicted molar refractivity (Wildman–Crippen MR) is 183 cm³/mol. The molecule has 0 aliphatic heterocycles. The summed E-state index contributed by atoms with van der Waals surface area (Å²) in [6.07, 6.45) is 32.3. The van der Waals surface area contributed by atoms with Crippen molar-refractivity contribution < 1.29 is 17.1 Å². The zero-order valence-electron chi connectivity index (χ0n) is 28.6. The van der Waals surface area contributed by atoms with E-state index in [2.05, 4.69) is 65.8 Å². The van der Waals surface area contributed by atoms with Gasteiger partial charge < -0.3 is 0 Å². The third-order valence-corrected chi connectivity index (χ3v) is 8.60. The molecule has 0 unspecified atom stereocenters. The van der Waals surface area contributed by atoms with Gasteiger partial charge in [0.1, 0.15) is 0 Å². The standard InChI is InChI=1S/2C20H35.Fe/c2*1-4-7-10-13-18-16-19(14-11-8-5-2)20(17-18)15-12-9-6-3;/h2*16-17H,4-15H2,1-3H3;/q2*-1;+2. The molecular weight excluding hydrogens is 536 g/mol. The van der Waals surface area contributed by atoms with E-state index in [4.69, 9.17) is 0 Å². The maximum atomic E-state index is 2.52. The maximum Gasteiger partial charge on any atom is 2.00 e. The van der Waals surface area contributed by atoms with Gasteiger partial charge in [-0.2, -0.15) is 45.5 Å². The minimum absolute atomic E-state index is 0. The zero-order valence-corrected chi connectivity index (χ0v) is 29.7. The summed E-state index contributed by atoms with van der Waals surface area (Å²) in [6, 6.07) is 10.1. The molecule has 0 amide bonds. The van der Waals surface area contributed by atoms with Crippen LogP contribution in [0.2, 0.25) is 0 Å². The van der Waals surface area contributed by atoms with Crippen LogP contribution in [0.25, 0.3) is 0 Å². The number of hydrogen-bond acceptors (Lipinski definition) is 0. The van der Waals surface area contributed by atoms with E-state index in [9.17, 15) is 0 Å². The van der Waals surface area contributed by atoms with Gasteiger partial charge in [0.05, 0.1) is 0 Å². The van der Waals surface area contributed by atoms with E-state index in [-0.39, 0.29) is 17.1 Å². The van der Waals surface area contributed by atoms with Crippen molar-refractivity contribution in [2.75, 3.05) is 0 Å². The van der Waals surface area contributed by atoms with E-state index in [1.54, 1.807) is 33.4 Å². The SMILES string of the molecule is CCCCCc1cc(CCCCC)c(CCCCC)[cH-]1.CCCCCc1cc(CCCCC)c(CCCCC)[cH-]1.[Fe+2]. The molecule has 0 bridgehead atoms. The summed E-state index contributed by atoms with van der Waals surface area (Å²) < 4.78 is 0. The van der Waals surface area contributed by atoms with Crippen LogP contribution >= 0.6 is 0 Å². The molecule has 0 aliphatic carbocycles. The summed E-state index contributed by atoms with van der Waals surface area (Å²) in [5, 5.41) is 0. The maximum absolute atomic E-state index is 2.52. The van der Waals surface area contributed by atoms with E-state index < -0.39 is 0 Å². The smallest absolute Gasteiger partial charge is 0.207 e. The molecule has 2 rings (SSSR count). The van der Waals surface area contributed by atoms with Gasteiger partial charge in [-0.3, -0.25) is 0 Å². The molecule has 2 aromatic carbocycles. The Bertz CT molecular complexity index is 684. The van der Waals surface area contributed by atoms with Gasteiger partial charge in [0.15, 0.2) is 0 Å². The average Bonchev–Trinajstić information content (AvgIpc) is 3.53. The van der Waals surface area contributed by atoms with Crippen molar-refractivity contribution in [3.63, 3.8) is 0 Å². The molecular formula is C40H70Fe. The van der Waals surface area contributed by atoms with Gasteiger partial charge in [0, 0.05) is 0 Å². The molecule has 0 N–H and O–H groups in total. The Morgan fingerprint density at radius 1 is 0.366 bits per heavy atom. The van der Waals surface area contributed by atoms with Crippen LogP contribution in [-0.4, -0.2) is 0 Å². The van der Waals surface area contributed by atoms with Crippen molar-refractivity contribution in [2.45, 2.75) is 196 Å². The molecule has 41 heavy (non-hydrogen) atoms. The first-order valence-corrected chi connectivity index (χ1v) is 18.2. The summed E-state index contributed by atoms with van der Waals surface area (Å²) in [5.74, 6) is 0. The largest absolute Gasteiger partial charge is 2.00 e. The Hall–Kier alpha value is -0.781. The van der Waals surface area contributed by atoms with Crippen molar-refractivity contribution in [3.8, 4) is 0 Å². The molecule has 0 atom stereocenters. The topological polar surface area (TPSA) is 0 Å². The Balaban J connectivity index is 0.000000762. The molecule has 0 fully saturated rings. The molecule has 238 valence electrons. The number of hydrogen-bond donors (Lipinski definition) is 0. The fraction of sp³-hybridized carbons (Fsp3) is 0.750. The van der Waals surface area contributed by atoms with Crippen LogP contribution in [0.5, 0.6) is 0 Å². The molecule has 0 saturated carbocycles. The number of aryl methyl sites for hydroxylation is 6. The second-order valence-corrected chi connectivity index (χ2v) is 12.6. The molecule has 0 spiro atoms. The van der Waals surface area contributed by atoms with Gasteiger partial charge in [-0.05, 0) is 0 Å². The van der Waals surface area contributed by atoms with Crippen molar-refractivity contribution in [2.24, 2.45) is 0 Å². The van der Waals surface area contributed by atoms with E-state index >= 15 is 0 Å². The van der Waals surface area contributed by atoms with Gasteiger partial charge in [-0.1, -0.05) is 196 Å². The Morgan fingerprint density at radius 2 is 0.634 bits per heavy atom. The number of unbranched alkanes of at least 4 members (excludes halogenated alkanes) is 12. The normalized spacial score (nSPS) is 10.9. The van der Waals surface area contributed by atoms with Crippen LogP contribution in [0.3, 0.4) is 0 Å². The molecule has 0 aromatic heterocycles. The quantitative estimate of drug-likeness (QED) is 0.0633. The summed E-state index contributed by atoms with van der Waals surface area (Å²) in [7, 11) is 0. The number of rotatable bonds is 24. The van der Waals surface area contributed by atoms with Gasteiger partial charge >= 0.3 is 17.1 Å². The van der Waals surface area contributed by atoms with Gasteiger partial charge in [-0.25, -0.2) is 12.1 Å². The van der Waals surface area contributed by atoms with Crippen molar-refractivity contribution in [1.82, 2.24) is 0 Å². The van der Waals surface area contributed by atoms with Crippen LogP contribution in [0.4, 0.5) is 0 Å². The average molecular weight is 607 g/mol. The van der Waals surface area contributed by atoms with Gasteiger partial charge in [0.25, 0.3) is 0 Å². The van der Waals surface area contributed by atoms with Crippen LogP contribution in [0.15, 0.2) is 24.3 Å². The minimum Gasteiger partial charge on any atom is -0.207 e. The molecule has 1 heteroatoms. The first-order valence-electron chi connectivity index (χ1n) is 18.2. The third-order valence-electron chi connectivity index (χ3n) is 8.60. The van der Waals surface area contributed by atoms with Gasteiger partial charge in [0.2, 0.25) is 0 Å². The monoisotopic (exact) mass is 606 g/mol. The van der Waals surface area contributed by atoms with Crippen molar-refractivity contribution >= 4 is 0 Å². The van der Waals surface area contributed by atoms with Crippen LogP contribution < -0.4 is 0 Å². The second-order valence-electron chi connectivity index (χ2n) is 12.6. The summed E-state index contributed by atoms with van der Waals surface area (Å²) in [6.45, 7) is 13.8. The molecule has 2 aromatic rings. The Labute approximate surface area is 269 Å². The summed E-state index contributed by atoms with van der Waals surface area (Å²) in [4.78, 5) is 0. The van der Waals surface area contributed by atoms with Crippen molar-refractivity contribution in [3.05, 3.63) is 57.6 Å². The minimum atomic E-state index is 0. The van der Waals surface area contributed by atoms with Crippen molar-refractivity contribution in [1.29, 1.82) is 0 Å². The van der Waals surface area contributed by atoms with Crippen LogP contribution in [0.1, 0.15) is 190 Å². The molecule has 0 saturated heterocycles. The first-order chi connectivity index (χ1) is 19.6. The van der Waals surface area contributed by atoms with Gasteiger partial charge in [-0.15, -0.1) is 0 Å².